The monoisotopic (exact) mass is 622 g/mol. The molecule has 236 valence electrons. The van der Waals surface area contributed by atoms with Gasteiger partial charge < -0.3 is 30.2 Å². The lowest BCUT2D eigenvalue weighted by molar-refractivity contribution is -0.136. The molecule has 4 aromatic carbocycles. The normalized spacial score (nSPS) is 13.3. The van der Waals surface area contributed by atoms with E-state index in [1.54, 1.807) is 31.5 Å². The van der Waals surface area contributed by atoms with E-state index < -0.39 is 17.6 Å². The molecule has 0 saturated carbocycles. The van der Waals surface area contributed by atoms with Gasteiger partial charge in [0.2, 0.25) is 0 Å². The first-order valence-corrected chi connectivity index (χ1v) is 15.3. The zero-order valence-electron chi connectivity index (χ0n) is 25.5. The highest BCUT2D eigenvalue weighted by Crippen LogP contribution is 2.38. The minimum atomic E-state index is -0.892. The summed E-state index contributed by atoms with van der Waals surface area (Å²) >= 11 is 0. The summed E-state index contributed by atoms with van der Waals surface area (Å²) in [7, 11) is 1.56. The Morgan fingerprint density at radius 2 is 1.72 bits per heavy atom. The summed E-state index contributed by atoms with van der Waals surface area (Å²) in [5.74, 6) is -0.528. The van der Waals surface area contributed by atoms with Crippen molar-refractivity contribution in [3.8, 4) is 23.0 Å². The molecule has 1 saturated heterocycles. The van der Waals surface area contributed by atoms with Crippen molar-refractivity contribution in [3.05, 3.63) is 96.4 Å². The van der Waals surface area contributed by atoms with Crippen molar-refractivity contribution < 1.29 is 28.2 Å². The molecule has 5 aromatic rings. The topological polar surface area (TPSA) is 111 Å². The van der Waals surface area contributed by atoms with Gasteiger partial charge in [-0.1, -0.05) is 42.5 Å². The predicted molar refractivity (Wildman–Crippen MR) is 175 cm³/mol. The minimum absolute atomic E-state index is 0.0597. The van der Waals surface area contributed by atoms with Crippen molar-refractivity contribution in [1.82, 2.24) is 15.6 Å². The molecule has 2 heterocycles. The number of fused-ring (bicyclic) bond motifs is 2. The molecule has 1 fully saturated rings. The quantitative estimate of drug-likeness (QED) is 0.164. The summed E-state index contributed by atoms with van der Waals surface area (Å²) in [6, 6.07) is 23.3. The molecule has 0 aliphatic carbocycles. The second-order valence-electron chi connectivity index (χ2n) is 11.2. The number of halogens is 1. The van der Waals surface area contributed by atoms with E-state index in [9.17, 15) is 9.59 Å². The molecule has 2 amide bonds. The van der Waals surface area contributed by atoms with Crippen molar-refractivity contribution >= 4 is 39.2 Å². The number of nitrogens with zero attached hydrogens (tertiary/aromatic N) is 1. The number of pyridine rings is 1. The van der Waals surface area contributed by atoms with Crippen molar-refractivity contribution in [1.29, 1.82) is 0 Å². The Morgan fingerprint density at radius 3 is 2.52 bits per heavy atom. The van der Waals surface area contributed by atoms with Crippen LogP contribution in [0.3, 0.4) is 0 Å². The van der Waals surface area contributed by atoms with E-state index in [0.29, 0.717) is 47.1 Å². The molecule has 9 nitrogen and oxygen atoms in total. The van der Waals surface area contributed by atoms with E-state index in [0.717, 1.165) is 48.3 Å². The number of benzene rings is 4. The van der Waals surface area contributed by atoms with Gasteiger partial charge in [-0.2, -0.15) is 0 Å². The molecular weight excluding hydrogens is 587 g/mol. The Hall–Kier alpha value is -5.22. The SMILES string of the molecule is COc1cc2c(Oc3ccc(NC(=O)C(=O)NCCc4ccc5ccccc5c4)cc3F)ccnc2cc1OCC1CCNCC1. The van der Waals surface area contributed by atoms with Crippen LogP contribution in [0.4, 0.5) is 10.1 Å². The van der Waals surface area contributed by atoms with Gasteiger partial charge in [0.05, 0.1) is 19.2 Å². The third-order valence-electron chi connectivity index (χ3n) is 8.05. The summed E-state index contributed by atoms with van der Waals surface area (Å²) in [6.45, 7) is 2.83. The maximum Gasteiger partial charge on any atom is 0.313 e. The lowest BCUT2D eigenvalue weighted by atomic mass is 9.99. The predicted octanol–water partition coefficient (Wildman–Crippen LogP) is 6.00. The van der Waals surface area contributed by atoms with Gasteiger partial charge in [-0.15, -0.1) is 0 Å². The number of rotatable bonds is 10. The molecule has 1 aliphatic heterocycles. The van der Waals surface area contributed by atoms with Crippen LogP contribution in [0.5, 0.6) is 23.0 Å². The fourth-order valence-corrected chi connectivity index (χ4v) is 5.51. The second-order valence-corrected chi connectivity index (χ2v) is 11.2. The van der Waals surface area contributed by atoms with E-state index in [1.807, 2.05) is 36.4 Å². The third kappa shape index (κ3) is 7.35. The first-order chi connectivity index (χ1) is 22.5. The number of aromatic nitrogens is 1. The Kier molecular flexibility index (Phi) is 9.54. The van der Waals surface area contributed by atoms with E-state index in [1.165, 1.54) is 12.1 Å². The van der Waals surface area contributed by atoms with Crippen LogP contribution in [-0.2, 0) is 16.0 Å². The Balaban J connectivity index is 1.06. The molecule has 1 aromatic heterocycles. The molecule has 3 N–H and O–H groups in total. The number of nitrogens with one attached hydrogen (secondary N) is 3. The number of carbonyl (C=O) groups is 2. The van der Waals surface area contributed by atoms with Gasteiger partial charge in [0.1, 0.15) is 5.75 Å². The second kappa shape index (κ2) is 14.3. The summed E-state index contributed by atoms with van der Waals surface area (Å²) in [5.41, 5.74) is 1.77. The number of hydrogen-bond acceptors (Lipinski definition) is 7. The van der Waals surface area contributed by atoms with Crippen LogP contribution in [0.15, 0.2) is 85.1 Å². The zero-order chi connectivity index (χ0) is 31.9. The van der Waals surface area contributed by atoms with Gasteiger partial charge in [0.15, 0.2) is 23.1 Å². The van der Waals surface area contributed by atoms with E-state index in [-0.39, 0.29) is 18.0 Å². The molecule has 0 bridgehead atoms. The van der Waals surface area contributed by atoms with Crippen LogP contribution in [0, 0.1) is 11.7 Å². The lowest BCUT2D eigenvalue weighted by Gasteiger charge is -2.23. The van der Waals surface area contributed by atoms with Gasteiger partial charge in [-0.25, -0.2) is 4.39 Å². The first kappa shape index (κ1) is 30.8. The molecule has 1 aliphatic rings. The van der Waals surface area contributed by atoms with Crippen molar-refractivity contribution in [2.45, 2.75) is 19.3 Å². The van der Waals surface area contributed by atoms with Crippen molar-refractivity contribution in [2.75, 3.05) is 38.7 Å². The molecule has 0 spiro atoms. The maximum absolute atomic E-state index is 15.1. The van der Waals surface area contributed by atoms with Crippen LogP contribution in [-0.4, -0.2) is 50.1 Å². The van der Waals surface area contributed by atoms with Gasteiger partial charge in [-0.3, -0.25) is 14.6 Å². The Morgan fingerprint density at radius 1 is 0.891 bits per heavy atom. The lowest BCUT2D eigenvalue weighted by Crippen LogP contribution is -2.36. The number of amides is 2. The summed E-state index contributed by atoms with van der Waals surface area (Å²) in [5, 5.41) is 11.3. The van der Waals surface area contributed by atoms with Crippen LogP contribution in [0.1, 0.15) is 18.4 Å². The van der Waals surface area contributed by atoms with Crippen LogP contribution in [0.2, 0.25) is 0 Å². The fraction of sp³-hybridized carbons (Fsp3) is 0.250. The molecular formula is C36H35FN4O5. The largest absolute Gasteiger partial charge is 0.493 e. The highest BCUT2D eigenvalue weighted by atomic mass is 19.1. The van der Waals surface area contributed by atoms with Crippen molar-refractivity contribution in [3.63, 3.8) is 0 Å². The minimum Gasteiger partial charge on any atom is -0.493 e. The smallest absolute Gasteiger partial charge is 0.313 e. The average Bonchev–Trinajstić information content (AvgIpc) is 3.08. The maximum atomic E-state index is 15.1. The number of piperidine rings is 1. The molecule has 0 unspecified atom stereocenters. The molecule has 0 atom stereocenters. The van der Waals surface area contributed by atoms with Crippen LogP contribution < -0.4 is 30.2 Å². The van der Waals surface area contributed by atoms with Crippen molar-refractivity contribution in [2.24, 2.45) is 5.92 Å². The summed E-state index contributed by atoms with van der Waals surface area (Å²) in [4.78, 5) is 29.3. The number of ether oxygens (including phenoxy) is 3. The molecule has 6 rings (SSSR count). The van der Waals surface area contributed by atoms with Crippen LogP contribution >= 0.6 is 0 Å². The van der Waals surface area contributed by atoms with Gasteiger partial charge in [0, 0.05) is 35.9 Å². The third-order valence-corrected chi connectivity index (χ3v) is 8.05. The van der Waals surface area contributed by atoms with E-state index >= 15 is 4.39 Å². The molecule has 0 radical (unpaired) electrons. The molecule has 10 heteroatoms. The number of anilines is 1. The van der Waals surface area contributed by atoms with E-state index in [2.05, 4.69) is 27.0 Å². The standard InChI is InChI=1S/C36H35FN4O5/c1-44-33-20-28-30(21-34(33)45-22-24-10-14-38-15-11-24)39-17-13-31(28)46-32-9-8-27(19-29(32)37)41-36(43)35(42)40-16-12-23-6-7-25-4-2-3-5-26(25)18-23/h2-9,13,17-21,24,38H,10-12,14-16,22H2,1H3,(H,40,42)(H,41,43). The zero-order valence-corrected chi connectivity index (χ0v) is 25.5. The van der Waals surface area contributed by atoms with Gasteiger partial charge >= 0.3 is 11.8 Å². The summed E-state index contributed by atoms with van der Waals surface area (Å²) in [6.07, 6.45) is 4.25. The van der Waals surface area contributed by atoms with Crippen LogP contribution in [0.25, 0.3) is 21.7 Å². The fourth-order valence-electron chi connectivity index (χ4n) is 5.51. The van der Waals surface area contributed by atoms with Gasteiger partial charge in [-0.05, 0) is 78.9 Å². The summed E-state index contributed by atoms with van der Waals surface area (Å²) < 4.78 is 32.8. The highest BCUT2D eigenvalue weighted by Gasteiger charge is 2.18. The Bertz CT molecular complexity index is 1880. The first-order valence-electron chi connectivity index (χ1n) is 15.3. The highest BCUT2D eigenvalue weighted by molar-refractivity contribution is 6.39. The van der Waals surface area contributed by atoms with Gasteiger partial charge in [0.25, 0.3) is 0 Å². The Labute approximate surface area is 266 Å². The van der Waals surface area contributed by atoms with E-state index in [4.69, 9.17) is 14.2 Å². The number of methoxy groups -OCH3 is 1. The number of hydrogen-bond donors (Lipinski definition) is 3. The molecule has 46 heavy (non-hydrogen) atoms. The number of carbonyl (C=O) groups excluding carboxylic acids is 2. The average molecular weight is 623 g/mol.